The van der Waals surface area contributed by atoms with Crippen LogP contribution < -0.4 is 10.6 Å². The van der Waals surface area contributed by atoms with Gasteiger partial charge in [-0.2, -0.15) is 0 Å². The number of nitrogens with zero attached hydrogens (tertiary/aromatic N) is 1. The lowest BCUT2D eigenvalue weighted by Gasteiger charge is -2.16. The number of hydrogen-bond donors (Lipinski definition) is 2. The number of pyridine rings is 1. The topological polar surface area (TPSA) is 84.2 Å². The molecule has 1 saturated carbocycles. The molecule has 0 atom stereocenters. The third-order valence-corrected chi connectivity index (χ3v) is 4.45. The lowest BCUT2D eigenvalue weighted by molar-refractivity contribution is 0.0928. The van der Waals surface area contributed by atoms with Crippen LogP contribution >= 0.6 is 0 Å². The van der Waals surface area contributed by atoms with Crippen molar-refractivity contribution >= 4 is 11.8 Å². The maximum absolute atomic E-state index is 12.4. The Labute approximate surface area is 147 Å². The van der Waals surface area contributed by atoms with E-state index in [9.17, 15) is 9.59 Å². The van der Waals surface area contributed by atoms with Crippen molar-refractivity contribution < 1.29 is 14.0 Å². The fraction of sp³-hybridized carbons (Fsp3) is 0.421. The zero-order valence-corrected chi connectivity index (χ0v) is 14.2. The molecule has 0 unspecified atom stereocenters. The summed E-state index contributed by atoms with van der Waals surface area (Å²) in [6.45, 7) is 0.303. The maximum atomic E-state index is 12.4. The van der Waals surface area contributed by atoms with E-state index in [2.05, 4.69) is 15.6 Å². The van der Waals surface area contributed by atoms with Crippen LogP contribution in [0.2, 0.25) is 0 Å². The lowest BCUT2D eigenvalue weighted by Crippen LogP contribution is -2.35. The molecule has 2 aromatic heterocycles. The highest BCUT2D eigenvalue weighted by atomic mass is 16.3. The summed E-state index contributed by atoms with van der Waals surface area (Å²) in [5, 5.41) is 5.81. The molecule has 2 aromatic rings. The highest BCUT2D eigenvalue weighted by Crippen LogP contribution is 2.17. The second-order valence-electron chi connectivity index (χ2n) is 6.35. The van der Waals surface area contributed by atoms with E-state index in [-0.39, 0.29) is 23.6 Å². The molecular formula is C19H23N3O3. The van der Waals surface area contributed by atoms with Gasteiger partial charge in [-0.1, -0.05) is 25.7 Å². The van der Waals surface area contributed by atoms with Crippen molar-refractivity contribution in [1.82, 2.24) is 15.6 Å². The number of aromatic nitrogens is 1. The highest BCUT2D eigenvalue weighted by molar-refractivity contribution is 5.98. The van der Waals surface area contributed by atoms with Crippen molar-refractivity contribution in [3.63, 3.8) is 0 Å². The fourth-order valence-corrected chi connectivity index (χ4v) is 3.06. The average Bonchev–Trinajstić information content (AvgIpc) is 3.03. The van der Waals surface area contributed by atoms with E-state index in [0.29, 0.717) is 17.9 Å². The average molecular weight is 341 g/mol. The van der Waals surface area contributed by atoms with Gasteiger partial charge in [0.2, 0.25) is 0 Å². The number of carbonyl (C=O) groups excluding carboxylic acids is 2. The molecule has 3 rings (SSSR count). The van der Waals surface area contributed by atoms with E-state index >= 15 is 0 Å². The molecule has 2 heterocycles. The first kappa shape index (κ1) is 17.2. The molecule has 0 spiro atoms. The van der Waals surface area contributed by atoms with Crippen LogP contribution in [0.5, 0.6) is 0 Å². The van der Waals surface area contributed by atoms with Gasteiger partial charge in [-0.15, -0.1) is 0 Å². The molecular weight excluding hydrogens is 318 g/mol. The monoisotopic (exact) mass is 341 g/mol. The molecule has 25 heavy (non-hydrogen) atoms. The normalized spacial score (nSPS) is 15.4. The summed E-state index contributed by atoms with van der Waals surface area (Å²) in [7, 11) is 0. The summed E-state index contributed by atoms with van der Waals surface area (Å²) in [6, 6.07) is 6.89. The fourth-order valence-electron chi connectivity index (χ4n) is 3.06. The molecule has 132 valence electrons. The van der Waals surface area contributed by atoms with Crippen LogP contribution in [0.1, 0.15) is 65.1 Å². The smallest absolute Gasteiger partial charge is 0.270 e. The van der Waals surface area contributed by atoms with Crippen LogP contribution in [-0.2, 0) is 6.54 Å². The first-order valence-electron chi connectivity index (χ1n) is 8.80. The molecule has 0 bridgehead atoms. The first-order chi connectivity index (χ1) is 12.2. The third kappa shape index (κ3) is 4.92. The summed E-state index contributed by atoms with van der Waals surface area (Å²) >= 11 is 0. The third-order valence-electron chi connectivity index (χ3n) is 4.45. The van der Waals surface area contributed by atoms with Crippen LogP contribution in [0.25, 0.3) is 0 Å². The van der Waals surface area contributed by atoms with Crippen LogP contribution in [0.4, 0.5) is 0 Å². The van der Waals surface area contributed by atoms with E-state index in [4.69, 9.17) is 4.42 Å². The number of furan rings is 1. The van der Waals surface area contributed by atoms with Gasteiger partial charge in [0.05, 0.1) is 12.8 Å². The summed E-state index contributed by atoms with van der Waals surface area (Å²) in [4.78, 5) is 28.8. The highest BCUT2D eigenvalue weighted by Gasteiger charge is 2.17. The van der Waals surface area contributed by atoms with Crippen LogP contribution in [0, 0.1) is 0 Å². The Hall–Kier alpha value is -2.63. The second kappa shape index (κ2) is 8.46. The van der Waals surface area contributed by atoms with Gasteiger partial charge in [-0.3, -0.25) is 14.6 Å². The SMILES string of the molecule is O=C(NCc1ccco1)c1ccnc(C(=O)NC2CCCCCC2)c1. The standard InChI is InChI=1S/C19H23N3O3/c23-18(21-13-16-8-5-11-25-16)14-9-10-20-17(12-14)19(24)22-15-6-3-1-2-4-7-15/h5,8-12,15H,1-4,6-7,13H2,(H,21,23)(H,22,24). The molecule has 0 saturated heterocycles. The Balaban J connectivity index is 1.59. The molecule has 0 aliphatic heterocycles. The number of hydrogen-bond acceptors (Lipinski definition) is 4. The maximum Gasteiger partial charge on any atom is 0.270 e. The van der Waals surface area contributed by atoms with E-state index in [0.717, 1.165) is 25.7 Å². The Morgan fingerprint density at radius 1 is 1.12 bits per heavy atom. The Kier molecular flexibility index (Phi) is 5.82. The summed E-state index contributed by atoms with van der Waals surface area (Å²) in [6.07, 6.45) is 9.82. The quantitative estimate of drug-likeness (QED) is 0.819. The largest absolute Gasteiger partial charge is 0.467 e. The van der Waals surface area contributed by atoms with Gasteiger partial charge >= 0.3 is 0 Å². The molecule has 0 radical (unpaired) electrons. The number of amides is 2. The van der Waals surface area contributed by atoms with Crippen molar-refractivity contribution in [3.05, 3.63) is 53.7 Å². The predicted molar refractivity (Wildman–Crippen MR) is 93.1 cm³/mol. The zero-order valence-electron chi connectivity index (χ0n) is 14.2. The Morgan fingerprint density at radius 2 is 1.92 bits per heavy atom. The Morgan fingerprint density at radius 3 is 2.64 bits per heavy atom. The van der Waals surface area contributed by atoms with E-state index < -0.39 is 0 Å². The molecule has 0 aromatic carbocycles. The van der Waals surface area contributed by atoms with Crippen molar-refractivity contribution in [2.75, 3.05) is 0 Å². The minimum absolute atomic E-state index is 0.202. The van der Waals surface area contributed by atoms with Gasteiger partial charge < -0.3 is 15.1 Å². The van der Waals surface area contributed by atoms with Gasteiger partial charge in [-0.25, -0.2) is 0 Å². The summed E-state index contributed by atoms with van der Waals surface area (Å²) in [5.41, 5.74) is 0.683. The van der Waals surface area contributed by atoms with Crippen LogP contribution in [0.3, 0.4) is 0 Å². The number of carbonyl (C=O) groups is 2. The summed E-state index contributed by atoms with van der Waals surface area (Å²) in [5.74, 6) is 0.198. The van der Waals surface area contributed by atoms with E-state index in [1.54, 1.807) is 24.5 Å². The van der Waals surface area contributed by atoms with Gasteiger partial charge in [0.15, 0.2) is 0 Å². The van der Waals surface area contributed by atoms with Crippen molar-refractivity contribution in [1.29, 1.82) is 0 Å². The molecule has 1 fully saturated rings. The van der Waals surface area contributed by atoms with Gasteiger partial charge in [0.1, 0.15) is 11.5 Å². The number of rotatable bonds is 5. The molecule has 2 amide bonds. The molecule has 1 aliphatic rings. The first-order valence-corrected chi connectivity index (χ1v) is 8.80. The molecule has 6 nitrogen and oxygen atoms in total. The molecule has 6 heteroatoms. The van der Waals surface area contributed by atoms with Crippen molar-refractivity contribution in [2.45, 2.75) is 51.1 Å². The Bertz CT molecular complexity index is 704. The number of nitrogens with one attached hydrogen (secondary N) is 2. The van der Waals surface area contributed by atoms with Crippen LogP contribution in [-0.4, -0.2) is 22.8 Å². The van der Waals surface area contributed by atoms with Crippen molar-refractivity contribution in [3.8, 4) is 0 Å². The van der Waals surface area contributed by atoms with Gasteiger partial charge in [0, 0.05) is 17.8 Å². The molecule has 1 aliphatic carbocycles. The van der Waals surface area contributed by atoms with Gasteiger partial charge in [-0.05, 0) is 37.1 Å². The second-order valence-corrected chi connectivity index (χ2v) is 6.35. The van der Waals surface area contributed by atoms with E-state index in [1.165, 1.54) is 25.1 Å². The van der Waals surface area contributed by atoms with Gasteiger partial charge in [0.25, 0.3) is 11.8 Å². The minimum atomic E-state index is -0.262. The predicted octanol–water partition coefficient (Wildman–Crippen LogP) is 3.06. The lowest BCUT2D eigenvalue weighted by atomic mass is 10.1. The van der Waals surface area contributed by atoms with Crippen molar-refractivity contribution in [2.24, 2.45) is 0 Å². The zero-order chi connectivity index (χ0) is 17.5. The summed E-state index contributed by atoms with van der Waals surface area (Å²) < 4.78 is 5.19. The molecule has 2 N–H and O–H groups in total. The van der Waals surface area contributed by atoms with E-state index in [1.807, 2.05) is 0 Å². The minimum Gasteiger partial charge on any atom is -0.467 e. The van der Waals surface area contributed by atoms with Crippen LogP contribution in [0.15, 0.2) is 41.1 Å².